The molecule has 0 aliphatic heterocycles. The topological polar surface area (TPSA) is 47.0 Å². The molecule has 0 unspecified atom stereocenters. The van der Waals surface area contributed by atoms with Gasteiger partial charge in [-0.15, -0.1) is 0 Å². The van der Waals surface area contributed by atoms with Crippen LogP contribution in [0.25, 0.3) is 0 Å². The summed E-state index contributed by atoms with van der Waals surface area (Å²) < 4.78 is 5.76. The van der Waals surface area contributed by atoms with Gasteiger partial charge in [0.15, 0.2) is 0 Å². The lowest BCUT2D eigenvalue weighted by atomic mass is 10.1. The molecule has 0 atom stereocenters. The molecule has 1 saturated carbocycles. The fourth-order valence-electron chi connectivity index (χ4n) is 2.05. The molecule has 1 aliphatic carbocycles. The number of ether oxygens (including phenoxy) is 1. The Balaban J connectivity index is 1.64. The number of benzene rings is 1. The van der Waals surface area contributed by atoms with Gasteiger partial charge in [-0.05, 0) is 38.3 Å². The van der Waals surface area contributed by atoms with E-state index in [1.807, 2.05) is 19.1 Å². The van der Waals surface area contributed by atoms with Crippen LogP contribution in [0.15, 0.2) is 30.6 Å². The lowest BCUT2D eigenvalue weighted by Gasteiger charge is -2.08. The molecule has 0 saturated heterocycles. The summed E-state index contributed by atoms with van der Waals surface area (Å²) in [5.74, 6) is 1.36. The molecule has 104 valence electrons. The van der Waals surface area contributed by atoms with Crippen molar-refractivity contribution in [3.63, 3.8) is 0 Å². The molecule has 4 heteroatoms. The van der Waals surface area contributed by atoms with Gasteiger partial charge >= 0.3 is 0 Å². The van der Waals surface area contributed by atoms with Gasteiger partial charge < -0.3 is 10.1 Å². The number of nitrogens with one attached hydrogen (secondary N) is 1. The number of hydrogen-bond acceptors (Lipinski definition) is 4. The quantitative estimate of drug-likeness (QED) is 0.906. The predicted octanol–water partition coefficient (Wildman–Crippen LogP) is 3.14. The number of nitrogens with zero attached hydrogens (tertiary/aromatic N) is 2. The van der Waals surface area contributed by atoms with Crippen LogP contribution in [0.2, 0.25) is 0 Å². The van der Waals surface area contributed by atoms with Gasteiger partial charge in [-0.25, -0.2) is 4.98 Å². The highest BCUT2D eigenvalue weighted by Crippen LogP contribution is 2.24. The van der Waals surface area contributed by atoms with Crippen LogP contribution in [0, 0.1) is 13.8 Å². The molecule has 1 aromatic carbocycles. The molecule has 20 heavy (non-hydrogen) atoms. The van der Waals surface area contributed by atoms with Crippen molar-refractivity contribution in [1.29, 1.82) is 0 Å². The summed E-state index contributed by atoms with van der Waals surface area (Å²) in [4.78, 5) is 8.68. The number of aryl methyl sites for hydroxylation is 2. The minimum absolute atomic E-state index is 0.534. The van der Waals surface area contributed by atoms with Gasteiger partial charge in [0.05, 0.1) is 18.1 Å². The predicted molar refractivity (Wildman–Crippen MR) is 77.9 cm³/mol. The van der Waals surface area contributed by atoms with E-state index in [9.17, 15) is 0 Å². The van der Waals surface area contributed by atoms with E-state index in [0.29, 0.717) is 11.9 Å². The third-order valence-electron chi connectivity index (χ3n) is 3.38. The first-order valence-electron chi connectivity index (χ1n) is 7.00. The molecule has 3 rings (SSSR count). The normalized spacial score (nSPS) is 14.3. The first-order chi connectivity index (χ1) is 9.70. The van der Waals surface area contributed by atoms with Gasteiger partial charge in [-0.1, -0.05) is 17.7 Å². The Morgan fingerprint density at radius 3 is 2.70 bits per heavy atom. The van der Waals surface area contributed by atoms with Crippen LogP contribution in [-0.2, 0) is 6.54 Å². The second-order valence-corrected chi connectivity index (χ2v) is 5.37. The molecule has 2 aromatic rings. The van der Waals surface area contributed by atoms with Gasteiger partial charge in [0.2, 0.25) is 5.88 Å². The largest absolute Gasteiger partial charge is 0.437 e. The van der Waals surface area contributed by atoms with Gasteiger partial charge in [0.25, 0.3) is 0 Å². The van der Waals surface area contributed by atoms with E-state index in [4.69, 9.17) is 4.74 Å². The first-order valence-corrected chi connectivity index (χ1v) is 7.00. The van der Waals surface area contributed by atoms with Crippen molar-refractivity contribution < 1.29 is 4.74 Å². The molecule has 4 nitrogen and oxygen atoms in total. The zero-order valence-corrected chi connectivity index (χ0v) is 11.9. The van der Waals surface area contributed by atoms with Crippen molar-refractivity contribution in [3.8, 4) is 11.6 Å². The molecule has 1 fully saturated rings. The Morgan fingerprint density at radius 2 is 2.05 bits per heavy atom. The van der Waals surface area contributed by atoms with E-state index >= 15 is 0 Å². The van der Waals surface area contributed by atoms with Crippen LogP contribution >= 0.6 is 0 Å². The smallest absolute Gasteiger partial charge is 0.237 e. The lowest BCUT2D eigenvalue weighted by Crippen LogP contribution is -2.16. The minimum atomic E-state index is 0.534. The van der Waals surface area contributed by atoms with Crippen LogP contribution in [0.1, 0.15) is 29.7 Å². The van der Waals surface area contributed by atoms with Crippen molar-refractivity contribution in [1.82, 2.24) is 15.3 Å². The van der Waals surface area contributed by atoms with E-state index in [1.54, 1.807) is 12.4 Å². The molecule has 0 amide bonds. The van der Waals surface area contributed by atoms with Crippen molar-refractivity contribution in [2.45, 2.75) is 39.3 Å². The summed E-state index contributed by atoms with van der Waals surface area (Å²) in [6.07, 6.45) is 6.01. The standard InChI is InChI=1S/C16H19N3O/c1-11-3-6-15(12(2)7-11)20-16-10-18-14(9-19-16)8-17-13-4-5-13/h3,6-7,9-10,13,17H,4-5,8H2,1-2H3. The van der Waals surface area contributed by atoms with Gasteiger partial charge in [-0.2, -0.15) is 0 Å². The molecule has 0 bridgehead atoms. The van der Waals surface area contributed by atoms with Gasteiger partial charge in [-0.3, -0.25) is 4.98 Å². The van der Waals surface area contributed by atoms with E-state index in [1.165, 1.54) is 18.4 Å². The highest BCUT2D eigenvalue weighted by Gasteiger charge is 2.20. The van der Waals surface area contributed by atoms with E-state index < -0.39 is 0 Å². The minimum Gasteiger partial charge on any atom is -0.437 e. The Bertz CT molecular complexity index is 591. The second-order valence-electron chi connectivity index (χ2n) is 5.37. The molecule has 0 radical (unpaired) electrons. The molecule has 1 heterocycles. The third-order valence-corrected chi connectivity index (χ3v) is 3.38. The number of hydrogen-bond donors (Lipinski definition) is 1. The average molecular weight is 269 g/mol. The lowest BCUT2D eigenvalue weighted by molar-refractivity contribution is 0.455. The van der Waals surface area contributed by atoms with Crippen molar-refractivity contribution in [2.75, 3.05) is 0 Å². The maximum Gasteiger partial charge on any atom is 0.237 e. The fourth-order valence-corrected chi connectivity index (χ4v) is 2.05. The van der Waals surface area contributed by atoms with Crippen molar-refractivity contribution in [3.05, 3.63) is 47.4 Å². The van der Waals surface area contributed by atoms with Gasteiger partial charge in [0.1, 0.15) is 5.75 Å². The van der Waals surface area contributed by atoms with E-state index in [-0.39, 0.29) is 0 Å². The summed E-state index contributed by atoms with van der Waals surface area (Å²) >= 11 is 0. The molecule has 1 aliphatic rings. The van der Waals surface area contributed by atoms with Crippen LogP contribution < -0.4 is 10.1 Å². The Morgan fingerprint density at radius 1 is 1.20 bits per heavy atom. The Kier molecular flexibility index (Phi) is 3.65. The van der Waals surface area contributed by atoms with Crippen LogP contribution in [-0.4, -0.2) is 16.0 Å². The first kappa shape index (κ1) is 13.1. The monoisotopic (exact) mass is 269 g/mol. The number of aromatic nitrogens is 2. The maximum atomic E-state index is 5.76. The van der Waals surface area contributed by atoms with Crippen LogP contribution in [0.5, 0.6) is 11.6 Å². The molecule has 0 spiro atoms. The molecule has 1 aromatic heterocycles. The third kappa shape index (κ3) is 3.33. The fraction of sp³-hybridized carbons (Fsp3) is 0.375. The Hall–Kier alpha value is -1.94. The average Bonchev–Trinajstić information content (AvgIpc) is 3.25. The molecular formula is C16H19N3O. The molecule has 1 N–H and O–H groups in total. The highest BCUT2D eigenvalue weighted by molar-refractivity contribution is 5.37. The van der Waals surface area contributed by atoms with Gasteiger partial charge in [0, 0.05) is 12.6 Å². The van der Waals surface area contributed by atoms with Crippen molar-refractivity contribution in [2.24, 2.45) is 0 Å². The van der Waals surface area contributed by atoms with Crippen molar-refractivity contribution >= 4 is 0 Å². The summed E-state index contributed by atoms with van der Waals surface area (Å²) in [6, 6.07) is 6.78. The van der Waals surface area contributed by atoms with Crippen LogP contribution in [0.3, 0.4) is 0 Å². The summed E-state index contributed by atoms with van der Waals surface area (Å²) in [6.45, 7) is 4.88. The van der Waals surface area contributed by atoms with E-state index in [2.05, 4.69) is 28.3 Å². The summed E-state index contributed by atoms with van der Waals surface area (Å²) in [5.41, 5.74) is 3.28. The highest BCUT2D eigenvalue weighted by atomic mass is 16.5. The SMILES string of the molecule is Cc1ccc(Oc2cnc(CNC3CC3)cn2)c(C)c1. The van der Waals surface area contributed by atoms with Crippen LogP contribution in [0.4, 0.5) is 0 Å². The maximum absolute atomic E-state index is 5.76. The zero-order valence-electron chi connectivity index (χ0n) is 11.9. The van der Waals surface area contributed by atoms with E-state index in [0.717, 1.165) is 23.6 Å². The zero-order chi connectivity index (χ0) is 13.9. The summed E-state index contributed by atoms with van der Waals surface area (Å²) in [5, 5.41) is 3.41. The second kappa shape index (κ2) is 5.59. The Labute approximate surface area is 119 Å². The molecular weight excluding hydrogens is 250 g/mol. The summed E-state index contributed by atoms with van der Waals surface area (Å²) in [7, 11) is 0. The number of rotatable bonds is 5.